The van der Waals surface area contributed by atoms with E-state index >= 15 is 0 Å². The zero-order chi connectivity index (χ0) is 17.2. The van der Waals surface area contributed by atoms with E-state index in [9.17, 15) is 4.79 Å². The minimum atomic E-state index is 0.0301. The van der Waals surface area contributed by atoms with Crippen molar-refractivity contribution < 1.29 is 9.53 Å². The van der Waals surface area contributed by atoms with Crippen molar-refractivity contribution in [2.75, 3.05) is 11.9 Å². The molecule has 0 spiro atoms. The summed E-state index contributed by atoms with van der Waals surface area (Å²) in [5.41, 5.74) is 0. The number of halogens is 1. The molecule has 1 atom stereocenters. The lowest BCUT2D eigenvalue weighted by Gasteiger charge is -2.16. The van der Waals surface area contributed by atoms with Crippen LogP contribution in [-0.4, -0.2) is 17.9 Å². The molecule has 138 valence electrons. The highest BCUT2D eigenvalue weighted by atomic mass is 79.9. The number of unbranched alkanes of at least 4 members (excludes halogenated alkanes) is 8. The zero-order valence-electron chi connectivity index (χ0n) is 15.6. The molecule has 0 aromatic rings. The van der Waals surface area contributed by atoms with Gasteiger partial charge in [0.15, 0.2) is 0 Å². The maximum Gasteiger partial charge on any atom is 0.306 e. The van der Waals surface area contributed by atoms with E-state index in [2.05, 4.69) is 29.8 Å². The predicted octanol–water partition coefficient (Wildman–Crippen LogP) is 7.04. The first-order valence-electron chi connectivity index (χ1n) is 9.96. The molecule has 0 aliphatic rings. The molecule has 0 aliphatic heterocycles. The Morgan fingerprint density at radius 3 is 2.04 bits per heavy atom. The largest absolute Gasteiger partial charge is 0.466 e. The first-order valence-corrected chi connectivity index (χ1v) is 11.1. The van der Waals surface area contributed by atoms with Crippen LogP contribution in [-0.2, 0) is 9.53 Å². The number of rotatable bonds is 17. The third-order valence-electron chi connectivity index (χ3n) is 4.43. The molecule has 0 radical (unpaired) electrons. The van der Waals surface area contributed by atoms with E-state index < -0.39 is 0 Å². The van der Waals surface area contributed by atoms with Gasteiger partial charge in [0.2, 0.25) is 0 Å². The molecular weight excluding hydrogens is 352 g/mol. The van der Waals surface area contributed by atoms with E-state index in [1.165, 1.54) is 70.6 Å². The topological polar surface area (TPSA) is 26.3 Å². The van der Waals surface area contributed by atoms with Crippen LogP contribution in [0.3, 0.4) is 0 Å². The highest BCUT2D eigenvalue weighted by Gasteiger charge is 2.14. The van der Waals surface area contributed by atoms with Gasteiger partial charge in [-0.25, -0.2) is 0 Å². The standard InChI is InChI=1S/C20H39BrO2/c1-3-5-7-11-15-19(14-10-6-4-2)18-20(22)23-17-13-9-8-12-16-21/h19H,3-18H2,1-2H3. The number of hydrogen-bond acceptors (Lipinski definition) is 2. The van der Waals surface area contributed by atoms with Crippen LogP contribution in [0.15, 0.2) is 0 Å². The van der Waals surface area contributed by atoms with Gasteiger partial charge in [-0.15, -0.1) is 0 Å². The number of esters is 1. The molecule has 0 rings (SSSR count). The molecule has 2 nitrogen and oxygen atoms in total. The van der Waals surface area contributed by atoms with Crippen LogP contribution in [0.4, 0.5) is 0 Å². The van der Waals surface area contributed by atoms with Gasteiger partial charge < -0.3 is 4.74 Å². The molecule has 0 aliphatic carbocycles. The van der Waals surface area contributed by atoms with Crippen molar-refractivity contribution in [3.05, 3.63) is 0 Å². The first kappa shape index (κ1) is 22.9. The van der Waals surface area contributed by atoms with Gasteiger partial charge in [0.1, 0.15) is 0 Å². The first-order chi connectivity index (χ1) is 11.2. The van der Waals surface area contributed by atoms with E-state index in [0.29, 0.717) is 18.9 Å². The highest BCUT2D eigenvalue weighted by Crippen LogP contribution is 2.22. The average molecular weight is 391 g/mol. The Balaban J connectivity index is 3.85. The van der Waals surface area contributed by atoms with Crippen LogP contribution in [0.25, 0.3) is 0 Å². The molecule has 0 N–H and O–H groups in total. The Kier molecular flexibility index (Phi) is 18.3. The second-order valence-corrected chi connectivity index (χ2v) is 7.53. The summed E-state index contributed by atoms with van der Waals surface area (Å²) in [6, 6.07) is 0. The quantitative estimate of drug-likeness (QED) is 0.151. The van der Waals surface area contributed by atoms with Crippen molar-refractivity contribution in [3.8, 4) is 0 Å². The Hall–Kier alpha value is -0.0500. The second kappa shape index (κ2) is 18.3. The lowest BCUT2D eigenvalue weighted by Crippen LogP contribution is -2.13. The van der Waals surface area contributed by atoms with Crippen molar-refractivity contribution in [1.29, 1.82) is 0 Å². The molecular formula is C20H39BrO2. The Labute approximate surface area is 153 Å². The predicted molar refractivity (Wildman–Crippen MR) is 104 cm³/mol. The van der Waals surface area contributed by atoms with Crippen LogP contribution in [0.1, 0.15) is 104 Å². The van der Waals surface area contributed by atoms with Gasteiger partial charge >= 0.3 is 5.97 Å². The van der Waals surface area contributed by atoms with E-state index in [1.807, 2.05) is 0 Å². The van der Waals surface area contributed by atoms with Crippen LogP contribution < -0.4 is 0 Å². The maximum absolute atomic E-state index is 12.0. The molecule has 0 bridgehead atoms. The smallest absolute Gasteiger partial charge is 0.306 e. The van der Waals surface area contributed by atoms with Crippen molar-refractivity contribution in [2.24, 2.45) is 5.92 Å². The summed E-state index contributed by atoms with van der Waals surface area (Å²) in [5, 5.41) is 1.07. The molecule has 0 heterocycles. The third kappa shape index (κ3) is 16.6. The number of ether oxygens (including phenoxy) is 1. The molecule has 0 amide bonds. The van der Waals surface area contributed by atoms with Gasteiger partial charge in [-0.1, -0.05) is 87.6 Å². The summed E-state index contributed by atoms with van der Waals surface area (Å²) in [5.74, 6) is 0.571. The molecule has 0 saturated heterocycles. The van der Waals surface area contributed by atoms with Crippen molar-refractivity contribution in [3.63, 3.8) is 0 Å². The molecule has 0 aromatic heterocycles. The number of alkyl halides is 1. The lowest BCUT2D eigenvalue weighted by atomic mass is 9.92. The molecule has 1 unspecified atom stereocenters. The monoisotopic (exact) mass is 390 g/mol. The molecule has 23 heavy (non-hydrogen) atoms. The number of hydrogen-bond donors (Lipinski definition) is 0. The van der Waals surface area contributed by atoms with Gasteiger partial charge in [-0.2, -0.15) is 0 Å². The highest BCUT2D eigenvalue weighted by molar-refractivity contribution is 9.09. The second-order valence-electron chi connectivity index (χ2n) is 6.74. The fraction of sp³-hybridized carbons (Fsp3) is 0.950. The zero-order valence-corrected chi connectivity index (χ0v) is 17.2. The number of carbonyl (C=O) groups is 1. The van der Waals surface area contributed by atoms with Crippen LogP contribution in [0, 0.1) is 5.92 Å². The summed E-state index contributed by atoms with van der Waals surface area (Å²) in [4.78, 5) is 12.0. The van der Waals surface area contributed by atoms with E-state index in [4.69, 9.17) is 4.74 Å². The molecule has 0 fully saturated rings. The maximum atomic E-state index is 12.0. The number of carbonyl (C=O) groups excluding carboxylic acids is 1. The Morgan fingerprint density at radius 1 is 0.826 bits per heavy atom. The lowest BCUT2D eigenvalue weighted by molar-refractivity contribution is -0.145. The summed E-state index contributed by atoms with van der Waals surface area (Å²) in [6.07, 6.45) is 16.6. The fourth-order valence-corrected chi connectivity index (χ4v) is 3.32. The average Bonchev–Trinajstić information content (AvgIpc) is 2.54. The minimum Gasteiger partial charge on any atom is -0.466 e. The molecule has 0 aromatic carbocycles. The van der Waals surface area contributed by atoms with Gasteiger partial charge in [-0.3, -0.25) is 4.79 Å². The normalized spacial score (nSPS) is 12.3. The van der Waals surface area contributed by atoms with Crippen LogP contribution in [0.2, 0.25) is 0 Å². The minimum absolute atomic E-state index is 0.0301. The van der Waals surface area contributed by atoms with Crippen molar-refractivity contribution in [1.82, 2.24) is 0 Å². The SMILES string of the molecule is CCCCCCC(CCCCC)CC(=O)OCCCCCCBr. The van der Waals surface area contributed by atoms with E-state index in [1.54, 1.807) is 0 Å². The molecule has 3 heteroatoms. The summed E-state index contributed by atoms with van der Waals surface area (Å²) >= 11 is 3.44. The summed E-state index contributed by atoms with van der Waals surface area (Å²) in [6.45, 7) is 5.09. The summed E-state index contributed by atoms with van der Waals surface area (Å²) in [7, 11) is 0. The third-order valence-corrected chi connectivity index (χ3v) is 4.99. The fourth-order valence-electron chi connectivity index (χ4n) is 2.92. The Bertz CT molecular complexity index is 256. The van der Waals surface area contributed by atoms with Crippen molar-refractivity contribution in [2.45, 2.75) is 104 Å². The van der Waals surface area contributed by atoms with Gasteiger partial charge in [0.25, 0.3) is 0 Å². The van der Waals surface area contributed by atoms with Gasteiger partial charge in [0.05, 0.1) is 6.61 Å². The Morgan fingerprint density at radius 2 is 1.39 bits per heavy atom. The van der Waals surface area contributed by atoms with E-state index in [0.717, 1.165) is 18.2 Å². The van der Waals surface area contributed by atoms with Crippen molar-refractivity contribution >= 4 is 21.9 Å². The van der Waals surface area contributed by atoms with Crippen LogP contribution >= 0.6 is 15.9 Å². The van der Waals surface area contributed by atoms with Gasteiger partial charge in [0, 0.05) is 11.8 Å². The van der Waals surface area contributed by atoms with E-state index in [-0.39, 0.29) is 5.97 Å². The summed E-state index contributed by atoms with van der Waals surface area (Å²) < 4.78 is 5.44. The molecule has 0 saturated carbocycles. The van der Waals surface area contributed by atoms with Crippen LogP contribution in [0.5, 0.6) is 0 Å². The van der Waals surface area contributed by atoms with Gasteiger partial charge in [-0.05, 0) is 31.6 Å².